The first kappa shape index (κ1) is 23.3. The van der Waals surface area contributed by atoms with Crippen LogP contribution in [0.25, 0.3) is 0 Å². The van der Waals surface area contributed by atoms with E-state index >= 15 is 0 Å². The average Bonchev–Trinajstić information content (AvgIpc) is 3.32. The van der Waals surface area contributed by atoms with E-state index in [0.29, 0.717) is 23.8 Å². The summed E-state index contributed by atoms with van der Waals surface area (Å²) in [7, 11) is 2.13. The smallest absolute Gasteiger partial charge is 0.253 e. The predicted octanol–water partition coefficient (Wildman–Crippen LogP) is 3.60. The van der Waals surface area contributed by atoms with Crippen LogP contribution in [0.4, 0.5) is 15.8 Å². The molecule has 2 amide bonds. The van der Waals surface area contributed by atoms with Crippen molar-refractivity contribution in [3.8, 4) is 0 Å². The standard InChI is InChI=1S/C24H31N5O3S/c1-3-21(30)26-18-8-6-17(7-9-18)23(31)29-12-4-5-19(16-29)27-24-25-15-22(33-24)28(2)20-10-13-32-14-11-20/h3,6-9,15,19-20H,1,4-5,10-14,16H2,2H3,(H,25,27)(H,26,30)/t19-/m1/s1. The number of hydrogen-bond acceptors (Lipinski definition) is 7. The fourth-order valence-corrected chi connectivity index (χ4v) is 5.20. The minimum absolute atomic E-state index is 0.00201. The minimum Gasteiger partial charge on any atom is -0.381 e. The number of carbonyl (C=O) groups excluding carboxylic acids is 2. The monoisotopic (exact) mass is 469 g/mol. The van der Waals surface area contributed by atoms with Crippen LogP contribution in [0, 0.1) is 0 Å². The summed E-state index contributed by atoms with van der Waals surface area (Å²) < 4.78 is 5.47. The topological polar surface area (TPSA) is 86.8 Å². The number of likely N-dealkylation sites (tertiary alicyclic amines) is 1. The number of carbonyl (C=O) groups is 2. The van der Waals surface area contributed by atoms with Gasteiger partial charge in [0.1, 0.15) is 5.00 Å². The lowest BCUT2D eigenvalue weighted by Crippen LogP contribution is -2.45. The molecule has 2 aliphatic heterocycles. The lowest BCUT2D eigenvalue weighted by atomic mass is 10.0. The van der Waals surface area contributed by atoms with Gasteiger partial charge >= 0.3 is 0 Å². The zero-order valence-electron chi connectivity index (χ0n) is 19.0. The SMILES string of the molecule is C=CC(=O)Nc1ccc(C(=O)N2CCC[C@@H](Nc3ncc(N(C)C4CCOCC4)s3)C2)cc1. The molecule has 2 fully saturated rings. The van der Waals surface area contributed by atoms with Crippen LogP contribution in [0.5, 0.6) is 0 Å². The van der Waals surface area contributed by atoms with E-state index < -0.39 is 0 Å². The number of amides is 2. The van der Waals surface area contributed by atoms with Gasteiger partial charge in [0, 0.05) is 56.7 Å². The maximum absolute atomic E-state index is 13.0. The van der Waals surface area contributed by atoms with Crippen molar-refractivity contribution in [1.82, 2.24) is 9.88 Å². The van der Waals surface area contributed by atoms with Gasteiger partial charge in [-0.25, -0.2) is 4.98 Å². The van der Waals surface area contributed by atoms with E-state index in [1.165, 1.54) is 6.08 Å². The van der Waals surface area contributed by atoms with Crippen molar-refractivity contribution in [1.29, 1.82) is 0 Å². The van der Waals surface area contributed by atoms with E-state index in [4.69, 9.17) is 4.74 Å². The molecule has 0 bridgehead atoms. The third kappa shape index (κ3) is 5.91. The molecule has 1 aromatic heterocycles. The zero-order chi connectivity index (χ0) is 23.2. The van der Waals surface area contributed by atoms with Gasteiger partial charge in [-0.2, -0.15) is 0 Å². The number of ether oxygens (including phenoxy) is 1. The number of thiazole rings is 1. The van der Waals surface area contributed by atoms with E-state index in [0.717, 1.165) is 55.6 Å². The molecule has 2 saturated heterocycles. The normalized spacial score (nSPS) is 19.1. The lowest BCUT2D eigenvalue weighted by molar-refractivity contribution is -0.111. The summed E-state index contributed by atoms with van der Waals surface area (Å²) in [6.45, 7) is 6.45. The molecule has 1 atom stereocenters. The Morgan fingerprint density at radius 2 is 2.00 bits per heavy atom. The Hall–Kier alpha value is -2.91. The van der Waals surface area contributed by atoms with E-state index in [2.05, 4.69) is 34.1 Å². The number of nitrogens with zero attached hydrogens (tertiary/aromatic N) is 3. The second-order valence-electron chi connectivity index (χ2n) is 8.46. The summed E-state index contributed by atoms with van der Waals surface area (Å²) in [6.07, 6.45) is 7.17. The highest BCUT2D eigenvalue weighted by Gasteiger charge is 2.26. The number of aromatic nitrogens is 1. The first-order valence-corrected chi connectivity index (χ1v) is 12.2. The molecular formula is C24H31N5O3S. The van der Waals surface area contributed by atoms with E-state index in [9.17, 15) is 9.59 Å². The molecule has 0 spiro atoms. The second kappa shape index (κ2) is 10.8. The minimum atomic E-state index is -0.275. The number of nitrogens with one attached hydrogen (secondary N) is 2. The van der Waals surface area contributed by atoms with E-state index in [-0.39, 0.29) is 17.9 Å². The van der Waals surface area contributed by atoms with Crippen molar-refractivity contribution < 1.29 is 14.3 Å². The fourth-order valence-electron chi connectivity index (χ4n) is 4.27. The molecule has 0 saturated carbocycles. The molecule has 3 heterocycles. The third-order valence-corrected chi connectivity index (χ3v) is 7.22. The summed E-state index contributed by atoms with van der Waals surface area (Å²) in [6, 6.07) is 7.63. The Bertz CT molecular complexity index is 971. The van der Waals surface area contributed by atoms with Crippen LogP contribution in [-0.2, 0) is 9.53 Å². The van der Waals surface area contributed by atoms with Crippen LogP contribution < -0.4 is 15.5 Å². The summed E-state index contributed by atoms with van der Waals surface area (Å²) in [5.74, 6) is -0.273. The van der Waals surface area contributed by atoms with Crippen molar-refractivity contribution in [2.45, 2.75) is 37.8 Å². The largest absolute Gasteiger partial charge is 0.381 e. The number of hydrogen-bond donors (Lipinski definition) is 2. The van der Waals surface area contributed by atoms with E-state index in [1.807, 2.05) is 11.1 Å². The van der Waals surface area contributed by atoms with Crippen molar-refractivity contribution in [2.75, 3.05) is 48.9 Å². The molecule has 1 aromatic carbocycles. The van der Waals surface area contributed by atoms with Crippen molar-refractivity contribution >= 4 is 39.0 Å². The van der Waals surface area contributed by atoms with Crippen LogP contribution in [0.3, 0.4) is 0 Å². The van der Waals surface area contributed by atoms with Gasteiger partial charge in [-0.05, 0) is 56.0 Å². The van der Waals surface area contributed by atoms with Gasteiger partial charge in [-0.15, -0.1) is 0 Å². The van der Waals surface area contributed by atoms with Gasteiger partial charge in [0.15, 0.2) is 5.13 Å². The summed E-state index contributed by atoms with van der Waals surface area (Å²) in [5.41, 5.74) is 1.25. The van der Waals surface area contributed by atoms with Crippen molar-refractivity contribution in [3.05, 3.63) is 48.7 Å². The molecule has 0 unspecified atom stereocenters. The molecule has 8 nitrogen and oxygen atoms in total. The average molecular weight is 470 g/mol. The van der Waals surface area contributed by atoms with Crippen molar-refractivity contribution in [2.24, 2.45) is 0 Å². The van der Waals surface area contributed by atoms with Crippen LogP contribution in [0.2, 0.25) is 0 Å². The lowest BCUT2D eigenvalue weighted by Gasteiger charge is -2.33. The zero-order valence-corrected chi connectivity index (χ0v) is 19.8. The van der Waals surface area contributed by atoms with Crippen LogP contribution in [0.15, 0.2) is 43.1 Å². The number of piperidine rings is 1. The number of rotatable bonds is 7. The van der Waals surface area contributed by atoms with Gasteiger partial charge in [-0.3, -0.25) is 9.59 Å². The Balaban J connectivity index is 1.33. The highest BCUT2D eigenvalue weighted by atomic mass is 32.1. The molecule has 2 aromatic rings. The summed E-state index contributed by atoms with van der Waals surface area (Å²) in [5, 5.41) is 8.28. The Labute approximate surface area is 198 Å². The number of benzene rings is 1. The fraction of sp³-hybridized carbons (Fsp3) is 0.458. The molecular weight excluding hydrogens is 438 g/mol. The Morgan fingerprint density at radius 1 is 1.24 bits per heavy atom. The van der Waals surface area contributed by atoms with Gasteiger partial charge in [-0.1, -0.05) is 17.9 Å². The molecule has 176 valence electrons. The third-order valence-electron chi connectivity index (χ3n) is 6.20. The van der Waals surface area contributed by atoms with Crippen LogP contribution >= 0.6 is 11.3 Å². The first-order valence-electron chi connectivity index (χ1n) is 11.4. The summed E-state index contributed by atoms with van der Waals surface area (Å²) in [4.78, 5) is 33.2. The van der Waals surface area contributed by atoms with E-state index in [1.54, 1.807) is 35.6 Å². The maximum Gasteiger partial charge on any atom is 0.253 e. The highest BCUT2D eigenvalue weighted by molar-refractivity contribution is 7.19. The van der Waals surface area contributed by atoms with Gasteiger partial charge < -0.3 is 25.2 Å². The molecule has 9 heteroatoms. The quantitative estimate of drug-likeness (QED) is 0.603. The van der Waals surface area contributed by atoms with Crippen LogP contribution in [-0.4, -0.2) is 67.1 Å². The maximum atomic E-state index is 13.0. The van der Waals surface area contributed by atoms with Crippen LogP contribution in [0.1, 0.15) is 36.0 Å². The molecule has 4 rings (SSSR count). The molecule has 33 heavy (non-hydrogen) atoms. The first-order chi connectivity index (χ1) is 16.0. The second-order valence-corrected chi connectivity index (χ2v) is 9.47. The molecule has 2 N–H and O–H groups in total. The Morgan fingerprint density at radius 3 is 2.73 bits per heavy atom. The van der Waals surface area contributed by atoms with Gasteiger partial charge in [0.05, 0.1) is 6.20 Å². The predicted molar refractivity (Wildman–Crippen MR) is 132 cm³/mol. The summed E-state index contributed by atoms with van der Waals surface area (Å²) >= 11 is 1.66. The molecule has 2 aliphatic rings. The molecule has 0 radical (unpaired) electrons. The van der Waals surface area contributed by atoms with Gasteiger partial charge in [0.25, 0.3) is 5.91 Å². The highest BCUT2D eigenvalue weighted by Crippen LogP contribution is 2.31. The van der Waals surface area contributed by atoms with Crippen molar-refractivity contribution in [3.63, 3.8) is 0 Å². The number of anilines is 3. The molecule has 0 aliphatic carbocycles. The Kier molecular flexibility index (Phi) is 7.61. The van der Waals surface area contributed by atoms with Gasteiger partial charge in [0.2, 0.25) is 5.91 Å².